The fourth-order valence-corrected chi connectivity index (χ4v) is 4.05. The topological polar surface area (TPSA) is 63.9 Å². The van der Waals surface area contributed by atoms with Crippen molar-refractivity contribution in [3.05, 3.63) is 60.1 Å². The number of amides is 1. The van der Waals surface area contributed by atoms with E-state index in [0.717, 1.165) is 66.9 Å². The lowest BCUT2D eigenvalue weighted by molar-refractivity contribution is -0.116. The molecule has 0 saturated carbocycles. The number of rotatable bonds is 8. The van der Waals surface area contributed by atoms with Gasteiger partial charge in [-0.3, -0.25) is 9.69 Å². The first-order valence-electron chi connectivity index (χ1n) is 11.2. The van der Waals surface area contributed by atoms with Gasteiger partial charge in [-0.15, -0.1) is 0 Å². The third kappa shape index (κ3) is 5.61. The molecule has 0 unspecified atom stereocenters. The van der Waals surface area contributed by atoms with Crippen molar-refractivity contribution in [2.75, 3.05) is 46.5 Å². The van der Waals surface area contributed by atoms with E-state index >= 15 is 0 Å². The first-order valence-corrected chi connectivity index (χ1v) is 11.2. The Labute approximate surface area is 193 Å². The SMILES string of the molecule is COc1cc2occ(-c3ccc(F)cc3)c2cc1/C(C)=C/C(=O)NCCCN1CCOCC1. The quantitative estimate of drug-likeness (QED) is 0.403. The van der Waals surface area contributed by atoms with Crippen LogP contribution in [0.25, 0.3) is 27.7 Å². The number of ether oxygens (including phenoxy) is 2. The molecule has 0 spiro atoms. The molecule has 33 heavy (non-hydrogen) atoms. The number of nitrogens with one attached hydrogen (secondary N) is 1. The van der Waals surface area contributed by atoms with E-state index in [4.69, 9.17) is 13.9 Å². The van der Waals surface area contributed by atoms with Gasteiger partial charge in [-0.1, -0.05) is 12.1 Å². The minimum absolute atomic E-state index is 0.137. The molecule has 6 nitrogen and oxygen atoms in total. The summed E-state index contributed by atoms with van der Waals surface area (Å²) < 4.78 is 30.0. The number of carbonyl (C=O) groups is 1. The molecule has 1 N–H and O–H groups in total. The fourth-order valence-electron chi connectivity index (χ4n) is 4.05. The third-order valence-corrected chi connectivity index (χ3v) is 5.88. The van der Waals surface area contributed by atoms with Gasteiger partial charge in [0, 0.05) is 48.3 Å². The normalized spacial score (nSPS) is 15.1. The molecule has 3 aromatic rings. The van der Waals surface area contributed by atoms with Crippen molar-refractivity contribution in [3.63, 3.8) is 0 Å². The molecule has 0 atom stereocenters. The van der Waals surface area contributed by atoms with Crippen molar-refractivity contribution in [2.45, 2.75) is 13.3 Å². The minimum atomic E-state index is -0.288. The second-order valence-corrected chi connectivity index (χ2v) is 8.13. The van der Waals surface area contributed by atoms with Crippen molar-refractivity contribution < 1.29 is 23.1 Å². The maximum Gasteiger partial charge on any atom is 0.244 e. The molecule has 7 heteroatoms. The number of furan rings is 1. The van der Waals surface area contributed by atoms with Crippen molar-refractivity contribution >= 4 is 22.4 Å². The molecule has 2 heterocycles. The Morgan fingerprint density at radius 1 is 1.21 bits per heavy atom. The Hall–Kier alpha value is -3.16. The van der Waals surface area contributed by atoms with Crippen LogP contribution in [0.4, 0.5) is 4.39 Å². The number of hydrogen-bond donors (Lipinski definition) is 1. The fraction of sp³-hybridized carbons (Fsp3) is 0.346. The Balaban J connectivity index is 1.48. The van der Waals surface area contributed by atoms with Crippen LogP contribution in [0.5, 0.6) is 5.75 Å². The predicted octanol–water partition coefficient (Wildman–Crippen LogP) is 4.49. The number of morpholine rings is 1. The minimum Gasteiger partial charge on any atom is -0.496 e. The standard InChI is InChI=1S/C26H29FN2O4/c1-18(14-26(30)28-8-3-9-29-10-12-32-13-11-29)21-15-22-23(19-4-6-20(27)7-5-19)17-33-25(22)16-24(21)31-2/h4-7,14-17H,3,8-13H2,1-2H3,(H,28,30)/b18-14+. The molecule has 4 rings (SSSR count). The lowest BCUT2D eigenvalue weighted by Crippen LogP contribution is -2.38. The van der Waals surface area contributed by atoms with Crippen LogP contribution in [0.3, 0.4) is 0 Å². The van der Waals surface area contributed by atoms with Crippen LogP contribution in [-0.4, -0.2) is 57.3 Å². The highest BCUT2D eigenvalue weighted by Gasteiger charge is 2.15. The second kappa shape index (κ2) is 10.6. The molecular weight excluding hydrogens is 423 g/mol. The number of allylic oxidation sites excluding steroid dienone is 1. The van der Waals surface area contributed by atoms with Crippen LogP contribution >= 0.6 is 0 Å². The van der Waals surface area contributed by atoms with Crippen molar-refractivity contribution in [3.8, 4) is 16.9 Å². The van der Waals surface area contributed by atoms with Gasteiger partial charge in [-0.25, -0.2) is 4.39 Å². The van der Waals surface area contributed by atoms with Crippen molar-refractivity contribution in [2.24, 2.45) is 0 Å². The zero-order valence-electron chi connectivity index (χ0n) is 19.0. The smallest absolute Gasteiger partial charge is 0.244 e. The molecule has 1 aliphatic rings. The molecule has 1 saturated heterocycles. The number of methoxy groups -OCH3 is 1. The van der Waals surface area contributed by atoms with E-state index in [1.807, 2.05) is 19.1 Å². The van der Waals surface area contributed by atoms with Crippen molar-refractivity contribution in [1.29, 1.82) is 0 Å². The molecule has 1 amide bonds. The zero-order chi connectivity index (χ0) is 23.2. The molecule has 1 aliphatic heterocycles. The summed E-state index contributed by atoms with van der Waals surface area (Å²) in [6.45, 7) is 6.90. The number of nitrogens with zero attached hydrogens (tertiary/aromatic N) is 1. The Kier molecular flexibility index (Phi) is 7.42. The summed E-state index contributed by atoms with van der Waals surface area (Å²) in [5, 5.41) is 3.84. The lowest BCUT2D eigenvalue weighted by Gasteiger charge is -2.26. The lowest BCUT2D eigenvalue weighted by atomic mass is 9.99. The summed E-state index contributed by atoms with van der Waals surface area (Å²) in [7, 11) is 1.59. The van der Waals surface area contributed by atoms with E-state index in [2.05, 4.69) is 10.2 Å². The zero-order valence-corrected chi connectivity index (χ0v) is 19.0. The van der Waals surface area contributed by atoms with Gasteiger partial charge < -0.3 is 19.2 Å². The largest absolute Gasteiger partial charge is 0.496 e. The summed E-state index contributed by atoms with van der Waals surface area (Å²) in [6.07, 6.45) is 4.14. The molecule has 0 radical (unpaired) electrons. The highest BCUT2D eigenvalue weighted by Crippen LogP contribution is 2.37. The van der Waals surface area contributed by atoms with Gasteiger partial charge in [0.15, 0.2) is 0 Å². The summed E-state index contributed by atoms with van der Waals surface area (Å²) in [5.41, 5.74) is 3.96. The Morgan fingerprint density at radius 2 is 1.97 bits per heavy atom. The van der Waals surface area contributed by atoms with Gasteiger partial charge in [-0.2, -0.15) is 0 Å². The average molecular weight is 453 g/mol. The van der Waals surface area contributed by atoms with E-state index in [-0.39, 0.29) is 11.7 Å². The van der Waals surface area contributed by atoms with Crippen LogP contribution in [0, 0.1) is 5.82 Å². The highest BCUT2D eigenvalue weighted by molar-refractivity contribution is 6.00. The van der Waals surface area contributed by atoms with Gasteiger partial charge >= 0.3 is 0 Å². The molecule has 0 aliphatic carbocycles. The number of hydrogen-bond acceptors (Lipinski definition) is 5. The van der Waals surface area contributed by atoms with Crippen LogP contribution in [0.2, 0.25) is 0 Å². The highest BCUT2D eigenvalue weighted by atomic mass is 19.1. The first kappa shape index (κ1) is 23.0. The van der Waals surface area contributed by atoms with Crippen LogP contribution < -0.4 is 10.1 Å². The second-order valence-electron chi connectivity index (χ2n) is 8.13. The van der Waals surface area contributed by atoms with E-state index < -0.39 is 0 Å². The molecular formula is C26H29FN2O4. The predicted molar refractivity (Wildman–Crippen MR) is 127 cm³/mol. The van der Waals surface area contributed by atoms with E-state index in [0.29, 0.717) is 17.9 Å². The third-order valence-electron chi connectivity index (χ3n) is 5.88. The Bertz CT molecular complexity index is 1130. The monoisotopic (exact) mass is 452 g/mol. The number of fused-ring (bicyclic) bond motifs is 1. The summed E-state index contributed by atoms with van der Waals surface area (Å²) >= 11 is 0. The Morgan fingerprint density at radius 3 is 2.70 bits per heavy atom. The maximum absolute atomic E-state index is 13.3. The van der Waals surface area contributed by atoms with Crippen LogP contribution in [0.1, 0.15) is 18.9 Å². The van der Waals surface area contributed by atoms with E-state index in [1.165, 1.54) is 12.1 Å². The van der Waals surface area contributed by atoms with Gasteiger partial charge in [0.2, 0.25) is 5.91 Å². The van der Waals surface area contributed by atoms with Crippen LogP contribution in [0.15, 0.2) is 53.2 Å². The molecule has 2 aromatic carbocycles. The summed E-state index contributed by atoms with van der Waals surface area (Å²) in [5.74, 6) is 0.197. The average Bonchev–Trinajstić information content (AvgIpc) is 3.25. The van der Waals surface area contributed by atoms with Crippen LogP contribution in [-0.2, 0) is 9.53 Å². The molecule has 1 aromatic heterocycles. The number of benzene rings is 2. The van der Waals surface area contributed by atoms with Crippen molar-refractivity contribution in [1.82, 2.24) is 10.2 Å². The molecule has 1 fully saturated rings. The van der Waals surface area contributed by atoms with Gasteiger partial charge in [-0.05, 0) is 49.2 Å². The summed E-state index contributed by atoms with van der Waals surface area (Å²) in [4.78, 5) is 14.8. The molecule has 0 bridgehead atoms. The van der Waals surface area contributed by atoms with Gasteiger partial charge in [0.25, 0.3) is 0 Å². The maximum atomic E-state index is 13.3. The van der Waals surface area contributed by atoms with Gasteiger partial charge in [0.05, 0.1) is 26.6 Å². The first-order chi connectivity index (χ1) is 16.0. The number of halogens is 1. The van der Waals surface area contributed by atoms with E-state index in [9.17, 15) is 9.18 Å². The number of carbonyl (C=O) groups excluding carboxylic acids is 1. The summed E-state index contributed by atoms with van der Waals surface area (Å²) in [6, 6.07) is 10.1. The van der Waals surface area contributed by atoms with Gasteiger partial charge in [0.1, 0.15) is 17.1 Å². The molecule has 174 valence electrons. The van der Waals surface area contributed by atoms with E-state index in [1.54, 1.807) is 31.6 Å².